The fraction of sp³-hybridized carbons (Fsp3) is 0.455. The first-order valence-corrected chi connectivity index (χ1v) is 4.88. The maximum Gasteiger partial charge on any atom is 0.129 e. The topological polar surface area (TPSA) is 21.3 Å². The molecule has 1 saturated heterocycles. The monoisotopic (exact) mass is 195 g/mol. The van der Waals surface area contributed by atoms with Crippen molar-refractivity contribution >= 4 is 0 Å². The number of ether oxygens (including phenoxy) is 1. The predicted octanol–water partition coefficient (Wildman–Crippen LogP) is 1.88. The van der Waals surface area contributed by atoms with Crippen LogP contribution in [0.25, 0.3) is 0 Å². The van der Waals surface area contributed by atoms with Crippen LogP contribution in [0.1, 0.15) is 18.6 Å². The molecule has 14 heavy (non-hydrogen) atoms. The summed E-state index contributed by atoms with van der Waals surface area (Å²) in [4.78, 5) is 0. The van der Waals surface area contributed by atoms with Gasteiger partial charge in [-0.05, 0) is 13.0 Å². The van der Waals surface area contributed by atoms with Crippen LogP contribution in [-0.4, -0.2) is 19.2 Å². The smallest absolute Gasteiger partial charge is 0.129 e. The van der Waals surface area contributed by atoms with Crippen LogP contribution < -0.4 is 5.32 Å². The van der Waals surface area contributed by atoms with Gasteiger partial charge in [0.2, 0.25) is 0 Å². The van der Waals surface area contributed by atoms with E-state index in [0.717, 1.165) is 6.54 Å². The average molecular weight is 195 g/mol. The lowest BCUT2D eigenvalue weighted by Crippen LogP contribution is -2.41. The second kappa shape index (κ2) is 4.07. The molecule has 1 heterocycles. The summed E-state index contributed by atoms with van der Waals surface area (Å²) in [6, 6.07) is 6.95. The second-order valence-electron chi connectivity index (χ2n) is 3.56. The van der Waals surface area contributed by atoms with E-state index >= 15 is 0 Å². The van der Waals surface area contributed by atoms with Crippen LogP contribution in [-0.2, 0) is 4.74 Å². The molecule has 0 aromatic heterocycles. The van der Waals surface area contributed by atoms with E-state index in [0.29, 0.717) is 12.2 Å². The van der Waals surface area contributed by atoms with Crippen LogP contribution in [0.3, 0.4) is 0 Å². The van der Waals surface area contributed by atoms with Crippen LogP contribution in [0.5, 0.6) is 0 Å². The van der Waals surface area contributed by atoms with Gasteiger partial charge >= 0.3 is 0 Å². The quantitative estimate of drug-likeness (QED) is 0.738. The molecule has 0 spiro atoms. The van der Waals surface area contributed by atoms with Crippen molar-refractivity contribution in [2.45, 2.75) is 19.1 Å². The lowest BCUT2D eigenvalue weighted by Gasteiger charge is -2.30. The number of hydrogen-bond donors (Lipinski definition) is 1. The molecule has 0 bridgehead atoms. The highest BCUT2D eigenvalue weighted by Gasteiger charge is 2.25. The predicted molar refractivity (Wildman–Crippen MR) is 52.6 cm³/mol. The van der Waals surface area contributed by atoms with Crippen LogP contribution in [0, 0.1) is 5.82 Å². The van der Waals surface area contributed by atoms with Crippen molar-refractivity contribution in [1.82, 2.24) is 5.32 Å². The minimum atomic E-state index is -0.187. The fourth-order valence-electron chi connectivity index (χ4n) is 1.79. The van der Waals surface area contributed by atoms with Gasteiger partial charge in [0.25, 0.3) is 0 Å². The molecule has 1 N–H and O–H groups in total. The Morgan fingerprint density at radius 1 is 1.43 bits per heavy atom. The minimum absolute atomic E-state index is 0.162. The highest BCUT2D eigenvalue weighted by Crippen LogP contribution is 2.25. The molecule has 0 aliphatic carbocycles. The SMILES string of the molecule is C[C@@H]1NCCO[C@H]1c1ccccc1F. The average Bonchev–Trinajstić information content (AvgIpc) is 2.20. The molecular formula is C11H14FNO. The summed E-state index contributed by atoms with van der Waals surface area (Å²) in [7, 11) is 0. The van der Waals surface area contributed by atoms with E-state index in [9.17, 15) is 4.39 Å². The molecule has 1 fully saturated rings. The van der Waals surface area contributed by atoms with E-state index in [1.54, 1.807) is 12.1 Å². The fourth-order valence-corrected chi connectivity index (χ4v) is 1.79. The van der Waals surface area contributed by atoms with Gasteiger partial charge < -0.3 is 10.1 Å². The van der Waals surface area contributed by atoms with Crippen LogP contribution in [0.15, 0.2) is 24.3 Å². The summed E-state index contributed by atoms with van der Waals surface area (Å²) in [6.07, 6.45) is -0.162. The van der Waals surface area contributed by atoms with E-state index in [1.807, 2.05) is 13.0 Å². The van der Waals surface area contributed by atoms with Gasteiger partial charge in [-0.25, -0.2) is 4.39 Å². The van der Waals surface area contributed by atoms with Crippen molar-refractivity contribution in [1.29, 1.82) is 0 Å². The zero-order valence-electron chi connectivity index (χ0n) is 8.16. The molecule has 0 amide bonds. The molecule has 1 aliphatic rings. The summed E-state index contributed by atoms with van der Waals surface area (Å²) in [6.45, 7) is 3.49. The Balaban J connectivity index is 2.25. The largest absolute Gasteiger partial charge is 0.370 e. The van der Waals surface area contributed by atoms with Crippen molar-refractivity contribution in [3.8, 4) is 0 Å². The number of hydrogen-bond acceptors (Lipinski definition) is 2. The summed E-state index contributed by atoms with van der Waals surface area (Å²) in [5.41, 5.74) is 0.646. The van der Waals surface area contributed by atoms with E-state index in [4.69, 9.17) is 4.74 Å². The Morgan fingerprint density at radius 3 is 2.93 bits per heavy atom. The van der Waals surface area contributed by atoms with Crippen molar-refractivity contribution in [2.24, 2.45) is 0 Å². The molecule has 0 saturated carbocycles. The Kier molecular flexibility index (Phi) is 2.79. The van der Waals surface area contributed by atoms with Crippen LogP contribution >= 0.6 is 0 Å². The van der Waals surface area contributed by atoms with Crippen molar-refractivity contribution in [3.05, 3.63) is 35.6 Å². The first-order valence-electron chi connectivity index (χ1n) is 4.88. The maximum atomic E-state index is 13.4. The molecule has 3 heteroatoms. The normalized spacial score (nSPS) is 27.6. The molecule has 1 aliphatic heterocycles. The number of benzene rings is 1. The van der Waals surface area contributed by atoms with Gasteiger partial charge in [0.15, 0.2) is 0 Å². The van der Waals surface area contributed by atoms with Crippen LogP contribution in [0.2, 0.25) is 0 Å². The van der Waals surface area contributed by atoms with Gasteiger partial charge in [0.05, 0.1) is 6.61 Å². The number of halogens is 1. The zero-order chi connectivity index (χ0) is 9.97. The third-order valence-corrected chi connectivity index (χ3v) is 2.53. The van der Waals surface area contributed by atoms with Gasteiger partial charge in [-0.1, -0.05) is 18.2 Å². The minimum Gasteiger partial charge on any atom is -0.370 e. The summed E-state index contributed by atoms with van der Waals surface area (Å²) >= 11 is 0. The van der Waals surface area contributed by atoms with Gasteiger partial charge in [-0.3, -0.25) is 0 Å². The van der Waals surface area contributed by atoms with E-state index in [1.165, 1.54) is 6.07 Å². The van der Waals surface area contributed by atoms with Crippen molar-refractivity contribution in [3.63, 3.8) is 0 Å². The lowest BCUT2D eigenvalue weighted by molar-refractivity contribution is -0.00226. The Labute approximate surface area is 83.1 Å². The molecule has 1 aromatic rings. The van der Waals surface area contributed by atoms with E-state index in [2.05, 4.69) is 5.32 Å². The summed E-state index contributed by atoms with van der Waals surface area (Å²) < 4.78 is 19.0. The third-order valence-electron chi connectivity index (χ3n) is 2.53. The Hall–Kier alpha value is -0.930. The van der Waals surface area contributed by atoms with Gasteiger partial charge in [0.1, 0.15) is 11.9 Å². The highest BCUT2D eigenvalue weighted by molar-refractivity contribution is 5.21. The van der Waals surface area contributed by atoms with Crippen LogP contribution in [0.4, 0.5) is 4.39 Å². The van der Waals surface area contributed by atoms with Gasteiger partial charge in [-0.2, -0.15) is 0 Å². The molecule has 1 aromatic carbocycles. The van der Waals surface area contributed by atoms with Crippen molar-refractivity contribution < 1.29 is 9.13 Å². The number of nitrogens with one attached hydrogen (secondary N) is 1. The highest BCUT2D eigenvalue weighted by atomic mass is 19.1. The number of morpholine rings is 1. The number of rotatable bonds is 1. The first-order chi connectivity index (χ1) is 6.79. The molecule has 0 unspecified atom stereocenters. The standard InChI is InChI=1S/C11H14FNO/c1-8-11(14-7-6-13-8)9-4-2-3-5-10(9)12/h2-5,8,11,13H,6-7H2,1H3/t8-,11+/m0/s1. The first kappa shape index (κ1) is 9.62. The molecular weight excluding hydrogens is 181 g/mol. The molecule has 2 atom stereocenters. The molecule has 2 nitrogen and oxygen atoms in total. The molecule has 0 radical (unpaired) electrons. The molecule has 76 valence electrons. The van der Waals surface area contributed by atoms with E-state index < -0.39 is 0 Å². The Bertz CT molecular complexity index is 316. The maximum absolute atomic E-state index is 13.4. The van der Waals surface area contributed by atoms with Gasteiger partial charge in [0, 0.05) is 18.2 Å². The summed E-state index contributed by atoms with van der Waals surface area (Å²) in [5, 5.41) is 3.27. The lowest BCUT2D eigenvalue weighted by atomic mass is 10.0. The second-order valence-corrected chi connectivity index (χ2v) is 3.56. The van der Waals surface area contributed by atoms with E-state index in [-0.39, 0.29) is 18.0 Å². The molecule has 2 rings (SSSR count). The zero-order valence-corrected chi connectivity index (χ0v) is 8.16. The van der Waals surface area contributed by atoms with Crippen molar-refractivity contribution in [2.75, 3.05) is 13.2 Å². The van der Waals surface area contributed by atoms with Gasteiger partial charge in [-0.15, -0.1) is 0 Å². The summed E-state index contributed by atoms with van der Waals surface area (Å²) in [5.74, 6) is -0.187. The third kappa shape index (κ3) is 1.79. The Morgan fingerprint density at radius 2 is 2.21 bits per heavy atom.